The SMILES string of the molecule is CC(=O)[C@H]1CC[C@H]2[C@@H]3CCC4=CC(=O)[C@H](Br)C[C@]4(C)[C@H]3CC[C@]12C. The van der Waals surface area contributed by atoms with Gasteiger partial charge in [-0.05, 0) is 86.5 Å². The molecular formula is C21H29BrO2. The van der Waals surface area contributed by atoms with Crippen molar-refractivity contribution in [2.24, 2.45) is 34.5 Å². The molecule has 132 valence electrons. The quantitative estimate of drug-likeness (QED) is 0.581. The molecule has 0 heterocycles. The normalized spacial score (nSPS) is 50.6. The molecule has 0 spiro atoms. The highest BCUT2D eigenvalue weighted by atomic mass is 79.9. The standard InChI is InChI=1S/C21H29BrO2/c1-12(23)15-6-7-16-14-5-4-13-10-19(24)18(22)11-21(13,3)17(14)8-9-20(15,16)2/h10,14-18H,4-9,11H2,1-3H3/t14-,15+,16-,17-,18+,20+,21-/m0/s1. The molecule has 0 bridgehead atoms. The van der Waals surface area contributed by atoms with Gasteiger partial charge in [0.2, 0.25) is 0 Å². The van der Waals surface area contributed by atoms with E-state index in [0.717, 1.165) is 25.2 Å². The van der Waals surface area contributed by atoms with Gasteiger partial charge < -0.3 is 0 Å². The van der Waals surface area contributed by atoms with Gasteiger partial charge in [0, 0.05) is 5.92 Å². The zero-order valence-corrected chi connectivity index (χ0v) is 16.7. The van der Waals surface area contributed by atoms with Crippen LogP contribution in [0, 0.1) is 34.5 Å². The fourth-order valence-electron chi connectivity index (χ4n) is 7.25. The second-order valence-electron chi connectivity index (χ2n) is 9.36. The van der Waals surface area contributed by atoms with Gasteiger partial charge in [-0.25, -0.2) is 0 Å². The average molecular weight is 393 g/mol. The first-order chi connectivity index (χ1) is 11.3. The Morgan fingerprint density at radius 2 is 1.92 bits per heavy atom. The van der Waals surface area contributed by atoms with Crippen molar-refractivity contribution in [2.75, 3.05) is 0 Å². The van der Waals surface area contributed by atoms with Crippen molar-refractivity contribution in [3.8, 4) is 0 Å². The Morgan fingerprint density at radius 3 is 2.62 bits per heavy atom. The minimum atomic E-state index is -0.00754. The maximum atomic E-state index is 12.2. The van der Waals surface area contributed by atoms with Crippen LogP contribution in [0.25, 0.3) is 0 Å². The highest BCUT2D eigenvalue weighted by Gasteiger charge is 2.60. The van der Waals surface area contributed by atoms with Crippen molar-refractivity contribution in [3.63, 3.8) is 0 Å². The molecule has 4 aliphatic carbocycles. The van der Waals surface area contributed by atoms with E-state index in [0.29, 0.717) is 17.6 Å². The topological polar surface area (TPSA) is 34.1 Å². The van der Waals surface area contributed by atoms with Gasteiger partial charge in [0.25, 0.3) is 0 Å². The summed E-state index contributed by atoms with van der Waals surface area (Å²) in [5, 5.41) is 0. The summed E-state index contributed by atoms with van der Waals surface area (Å²) < 4.78 is 0. The molecule has 0 aliphatic heterocycles. The third-order valence-corrected chi connectivity index (χ3v) is 9.23. The Morgan fingerprint density at radius 1 is 1.17 bits per heavy atom. The molecule has 7 atom stereocenters. The number of alkyl halides is 1. The van der Waals surface area contributed by atoms with E-state index in [2.05, 4.69) is 29.8 Å². The molecule has 3 heteroatoms. The number of ketones is 2. The minimum Gasteiger partial charge on any atom is -0.300 e. The Labute approximate surface area is 154 Å². The van der Waals surface area contributed by atoms with Crippen LogP contribution >= 0.6 is 15.9 Å². The Kier molecular flexibility index (Phi) is 3.91. The summed E-state index contributed by atoms with van der Waals surface area (Å²) in [6.07, 6.45) is 9.96. The summed E-state index contributed by atoms with van der Waals surface area (Å²) >= 11 is 3.62. The molecule has 4 rings (SSSR count). The Bertz CT molecular complexity index is 623. The average Bonchev–Trinajstić information content (AvgIpc) is 2.86. The summed E-state index contributed by atoms with van der Waals surface area (Å²) in [4.78, 5) is 24.3. The first-order valence-electron chi connectivity index (χ1n) is 9.67. The van der Waals surface area contributed by atoms with Crippen molar-refractivity contribution in [3.05, 3.63) is 11.6 Å². The monoisotopic (exact) mass is 392 g/mol. The highest BCUT2D eigenvalue weighted by Crippen LogP contribution is 2.66. The van der Waals surface area contributed by atoms with E-state index >= 15 is 0 Å². The fourth-order valence-corrected chi connectivity index (χ4v) is 8.05. The molecule has 0 aromatic heterocycles. The van der Waals surface area contributed by atoms with Crippen LogP contribution in [-0.4, -0.2) is 16.4 Å². The van der Waals surface area contributed by atoms with Crippen molar-refractivity contribution >= 4 is 27.5 Å². The second kappa shape index (κ2) is 5.53. The first kappa shape index (κ1) is 17.0. The predicted octanol–water partition coefficient (Wildman–Crippen LogP) is 5.10. The number of halogens is 1. The third kappa shape index (κ3) is 2.19. The lowest BCUT2D eigenvalue weighted by Gasteiger charge is -2.58. The third-order valence-electron chi connectivity index (χ3n) is 8.46. The van der Waals surface area contributed by atoms with Crippen LogP contribution in [0.1, 0.15) is 65.7 Å². The number of Topliss-reactive ketones (excluding diaryl/α,β-unsaturated/α-hetero) is 1. The molecule has 4 aliphatic rings. The Balaban J connectivity index is 1.68. The molecule has 3 fully saturated rings. The van der Waals surface area contributed by atoms with Gasteiger partial charge in [-0.3, -0.25) is 9.59 Å². The molecule has 2 nitrogen and oxygen atoms in total. The van der Waals surface area contributed by atoms with Crippen molar-refractivity contribution in [1.29, 1.82) is 0 Å². The smallest absolute Gasteiger partial charge is 0.169 e. The molecule has 0 aromatic rings. The lowest BCUT2D eigenvalue weighted by molar-refractivity contribution is -0.128. The fraction of sp³-hybridized carbons (Fsp3) is 0.810. The number of hydrogen-bond donors (Lipinski definition) is 0. The summed E-state index contributed by atoms with van der Waals surface area (Å²) in [5.74, 6) is 3.08. The van der Waals surface area contributed by atoms with Gasteiger partial charge in [-0.1, -0.05) is 35.4 Å². The summed E-state index contributed by atoms with van der Waals surface area (Å²) in [6.45, 7) is 6.62. The van der Waals surface area contributed by atoms with Gasteiger partial charge in [0.05, 0.1) is 4.83 Å². The van der Waals surface area contributed by atoms with Crippen LogP contribution in [0.5, 0.6) is 0 Å². The summed E-state index contributed by atoms with van der Waals surface area (Å²) in [5.41, 5.74) is 1.82. The molecule has 0 saturated heterocycles. The largest absolute Gasteiger partial charge is 0.300 e. The Hall–Kier alpha value is -0.440. The molecule has 0 radical (unpaired) electrons. The zero-order valence-electron chi connectivity index (χ0n) is 15.1. The second-order valence-corrected chi connectivity index (χ2v) is 10.5. The van der Waals surface area contributed by atoms with Crippen LogP contribution in [0.15, 0.2) is 11.6 Å². The molecule has 0 amide bonds. The number of carbonyl (C=O) groups is 2. The van der Waals surface area contributed by atoms with Crippen LogP contribution in [-0.2, 0) is 9.59 Å². The van der Waals surface area contributed by atoms with Gasteiger partial charge in [0.15, 0.2) is 5.78 Å². The van der Waals surface area contributed by atoms with Crippen LogP contribution in [0.3, 0.4) is 0 Å². The van der Waals surface area contributed by atoms with Gasteiger partial charge >= 0.3 is 0 Å². The molecule has 0 aromatic carbocycles. The highest BCUT2D eigenvalue weighted by molar-refractivity contribution is 9.10. The molecular weight excluding hydrogens is 364 g/mol. The summed E-state index contributed by atoms with van der Waals surface area (Å²) in [6, 6.07) is 0. The maximum Gasteiger partial charge on any atom is 0.169 e. The van der Waals surface area contributed by atoms with E-state index in [1.807, 2.05) is 6.08 Å². The van der Waals surface area contributed by atoms with Crippen molar-refractivity contribution in [2.45, 2.75) is 70.5 Å². The lowest BCUT2D eigenvalue weighted by atomic mass is 9.46. The van der Waals surface area contributed by atoms with E-state index in [1.54, 1.807) is 6.92 Å². The van der Waals surface area contributed by atoms with Crippen molar-refractivity contribution < 1.29 is 9.59 Å². The molecule has 0 N–H and O–H groups in total. The molecule has 0 unspecified atom stereocenters. The number of carbonyl (C=O) groups excluding carboxylic acids is 2. The predicted molar refractivity (Wildman–Crippen MR) is 99.0 cm³/mol. The van der Waals surface area contributed by atoms with Gasteiger partial charge in [-0.2, -0.15) is 0 Å². The van der Waals surface area contributed by atoms with Gasteiger partial charge in [-0.15, -0.1) is 0 Å². The van der Waals surface area contributed by atoms with E-state index < -0.39 is 0 Å². The van der Waals surface area contributed by atoms with Crippen LogP contribution < -0.4 is 0 Å². The molecule has 24 heavy (non-hydrogen) atoms. The molecule has 3 saturated carbocycles. The van der Waals surface area contributed by atoms with Gasteiger partial charge in [0.1, 0.15) is 5.78 Å². The number of allylic oxidation sites excluding steroid dienone is 1. The van der Waals surface area contributed by atoms with Crippen LogP contribution in [0.2, 0.25) is 0 Å². The number of rotatable bonds is 1. The number of hydrogen-bond acceptors (Lipinski definition) is 2. The summed E-state index contributed by atoms with van der Waals surface area (Å²) in [7, 11) is 0. The van der Waals surface area contributed by atoms with Crippen molar-refractivity contribution in [1.82, 2.24) is 0 Å². The zero-order chi connectivity index (χ0) is 17.3. The maximum absolute atomic E-state index is 12.2. The van der Waals surface area contributed by atoms with E-state index in [-0.39, 0.29) is 27.4 Å². The first-order valence-corrected chi connectivity index (χ1v) is 10.6. The van der Waals surface area contributed by atoms with E-state index in [4.69, 9.17) is 0 Å². The lowest BCUT2D eigenvalue weighted by Crippen LogP contribution is -2.52. The number of fused-ring (bicyclic) bond motifs is 5. The van der Waals surface area contributed by atoms with E-state index in [1.165, 1.54) is 31.3 Å². The van der Waals surface area contributed by atoms with Crippen LogP contribution in [0.4, 0.5) is 0 Å². The minimum absolute atomic E-state index is 0.00754. The van der Waals surface area contributed by atoms with E-state index in [9.17, 15) is 9.59 Å².